The number of nitrogens with one attached hydrogen (secondary N) is 1. The summed E-state index contributed by atoms with van der Waals surface area (Å²) in [7, 11) is -5.29. The molecule has 2 fully saturated rings. The topological polar surface area (TPSA) is 157 Å². The second kappa shape index (κ2) is 16.0. The highest BCUT2D eigenvalue weighted by molar-refractivity contribution is 7.89. The van der Waals surface area contributed by atoms with Crippen molar-refractivity contribution in [3.63, 3.8) is 0 Å². The number of hydrogen-bond donors (Lipinski definition) is 2. The molecule has 2 saturated heterocycles. The lowest BCUT2D eigenvalue weighted by Crippen LogP contribution is -2.51. The van der Waals surface area contributed by atoms with E-state index in [0.717, 1.165) is 24.8 Å². The number of aliphatic hydroxyl groups is 1. The minimum Gasteiger partial charge on any atom is -0.443 e. The van der Waals surface area contributed by atoms with Gasteiger partial charge in [-0.1, -0.05) is 62.7 Å². The van der Waals surface area contributed by atoms with E-state index in [1.807, 2.05) is 51.1 Å². The molecular formula is C33H45N3O9S2. The molecule has 3 aromatic rings. The van der Waals surface area contributed by atoms with Crippen LogP contribution in [0.2, 0.25) is 0 Å². The Bertz CT molecular complexity index is 1620. The number of carbonyl (C=O) groups is 1. The maximum absolute atomic E-state index is 14.1. The van der Waals surface area contributed by atoms with E-state index in [-0.39, 0.29) is 54.9 Å². The van der Waals surface area contributed by atoms with Crippen molar-refractivity contribution in [1.29, 1.82) is 0 Å². The molecule has 0 saturated carbocycles. The zero-order chi connectivity index (χ0) is 33.6. The molecule has 12 nitrogen and oxygen atoms in total. The van der Waals surface area contributed by atoms with Gasteiger partial charge < -0.3 is 29.2 Å². The molecule has 1 amide bonds. The summed E-state index contributed by atoms with van der Waals surface area (Å²) >= 11 is 0. The normalized spacial score (nSPS) is 21.6. The van der Waals surface area contributed by atoms with Crippen molar-refractivity contribution in [2.24, 2.45) is 11.8 Å². The first-order valence-electron chi connectivity index (χ1n) is 16.2. The van der Waals surface area contributed by atoms with Gasteiger partial charge in [0.1, 0.15) is 11.8 Å². The van der Waals surface area contributed by atoms with Gasteiger partial charge in [0, 0.05) is 35.0 Å². The number of ether oxygens (including phenoxy) is 3. The Morgan fingerprint density at radius 2 is 1.96 bits per heavy atom. The molecule has 6 atom stereocenters. The third-order valence-corrected chi connectivity index (χ3v) is 11.6. The van der Waals surface area contributed by atoms with Crippen molar-refractivity contribution in [1.82, 2.24) is 14.8 Å². The first kappa shape index (κ1) is 35.4. The number of amides is 1. The molecule has 2 aliphatic heterocycles. The highest BCUT2D eigenvalue weighted by Crippen LogP contribution is 2.33. The van der Waals surface area contributed by atoms with E-state index in [4.69, 9.17) is 18.7 Å². The highest BCUT2D eigenvalue weighted by atomic mass is 32.2. The van der Waals surface area contributed by atoms with Gasteiger partial charge in [0.05, 0.1) is 41.9 Å². The summed E-state index contributed by atoms with van der Waals surface area (Å²) in [5.41, 5.74) is 1.69. The molecule has 2 N–H and O–H groups in total. The summed E-state index contributed by atoms with van der Waals surface area (Å²) in [6.45, 7) is 6.42. The number of nitrogens with zero attached hydrogens (tertiary/aromatic N) is 2. The van der Waals surface area contributed by atoms with Crippen LogP contribution in [0.15, 0.2) is 57.9 Å². The van der Waals surface area contributed by atoms with E-state index in [9.17, 15) is 22.5 Å². The molecule has 0 bridgehead atoms. The smallest absolute Gasteiger partial charge is 0.407 e. The van der Waals surface area contributed by atoms with Crippen molar-refractivity contribution in [3.8, 4) is 0 Å². The zero-order valence-electron chi connectivity index (χ0n) is 27.1. The van der Waals surface area contributed by atoms with Gasteiger partial charge in [-0.05, 0) is 48.9 Å². The molecule has 5 rings (SSSR count). The van der Waals surface area contributed by atoms with E-state index in [2.05, 4.69) is 10.5 Å². The van der Waals surface area contributed by atoms with Crippen LogP contribution in [0.25, 0.3) is 11.0 Å². The number of aromatic nitrogens is 1. The molecule has 1 unspecified atom stereocenters. The van der Waals surface area contributed by atoms with Gasteiger partial charge in [-0.25, -0.2) is 13.2 Å². The second-order valence-electron chi connectivity index (χ2n) is 12.6. The molecule has 47 heavy (non-hydrogen) atoms. The van der Waals surface area contributed by atoms with Crippen molar-refractivity contribution in [3.05, 3.63) is 59.8 Å². The molecule has 0 radical (unpaired) electrons. The number of hydrogen-bond acceptors (Lipinski definition) is 10. The summed E-state index contributed by atoms with van der Waals surface area (Å²) in [5, 5.41) is 19.0. The lowest BCUT2D eigenvalue weighted by Gasteiger charge is -2.31. The number of aliphatic hydroxyl groups excluding tert-OH is 1. The molecule has 0 spiro atoms. The Kier molecular flexibility index (Phi) is 12.1. The maximum Gasteiger partial charge on any atom is 0.407 e. The fourth-order valence-electron chi connectivity index (χ4n) is 5.95. The lowest BCUT2D eigenvalue weighted by atomic mass is 10.0. The molecule has 14 heteroatoms. The SMILES string of the molecule is CCCCS(=O)Cc1noc2ccc(S(=O)(=O)N(CC(C)C)C[C@@H](O)[C@H](Cc3ccccc3)NC(=O)O[C@H]3CO[C@H]4OCC[C@H]43)cc12. The molecule has 2 aliphatic rings. The van der Waals surface area contributed by atoms with Crippen LogP contribution in [-0.2, 0) is 47.2 Å². The Hall–Kier alpha value is -2.88. The molecule has 258 valence electrons. The number of unbranched alkanes of at least 4 members (excludes halogenated alkanes) is 1. The first-order chi connectivity index (χ1) is 22.5. The Labute approximate surface area is 278 Å². The number of carbonyl (C=O) groups excluding carboxylic acids is 1. The fourth-order valence-corrected chi connectivity index (χ4v) is 8.86. The average Bonchev–Trinajstić information content (AvgIpc) is 3.77. The van der Waals surface area contributed by atoms with Crippen molar-refractivity contribution >= 4 is 37.9 Å². The number of alkyl carbamates (subject to hydrolysis) is 1. The summed E-state index contributed by atoms with van der Waals surface area (Å²) in [6.07, 6.45) is -0.160. The summed E-state index contributed by atoms with van der Waals surface area (Å²) in [6, 6.07) is 13.0. The monoisotopic (exact) mass is 691 g/mol. The van der Waals surface area contributed by atoms with Gasteiger partial charge in [0.15, 0.2) is 11.9 Å². The van der Waals surface area contributed by atoms with Crippen LogP contribution in [0, 0.1) is 11.8 Å². The Balaban J connectivity index is 1.35. The van der Waals surface area contributed by atoms with Crippen LogP contribution < -0.4 is 5.32 Å². The van der Waals surface area contributed by atoms with E-state index in [0.29, 0.717) is 29.0 Å². The maximum atomic E-state index is 14.1. The predicted molar refractivity (Wildman–Crippen MR) is 176 cm³/mol. The molecular weight excluding hydrogens is 647 g/mol. The van der Waals surface area contributed by atoms with E-state index in [1.54, 1.807) is 6.07 Å². The minimum absolute atomic E-state index is 0.00295. The van der Waals surface area contributed by atoms with E-state index < -0.39 is 45.2 Å². The number of rotatable bonds is 16. The lowest BCUT2D eigenvalue weighted by molar-refractivity contribution is -0.0907. The quantitative estimate of drug-likeness (QED) is 0.225. The van der Waals surface area contributed by atoms with Gasteiger partial charge in [0.2, 0.25) is 10.0 Å². The fraction of sp³-hybridized carbons (Fsp3) is 0.576. The molecule has 2 aromatic carbocycles. The Morgan fingerprint density at radius 3 is 2.70 bits per heavy atom. The first-order valence-corrected chi connectivity index (χ1v) is 19.1. The van der Waals surface area contributed by atoms with Gasteiger partial charge in [-0.3, -0.25) is 4.21 Å². The van der Waals surface area contributed by atoms with Crippen molar-refractivity contribution in [2.45, 2.75) is 81.6 Å². The third kappa shape index (κ3) is 8.98. The highest BCUT2D eigenvalue weighted by Gasteiger charge is 2.44. The van der Waals surface area contributed by atoms with Gasteiger partial charge in [-0.15, -0.1) is 0 Å². The van der Waals surface area contributed by atoms with Crippen LogP contribution >= 0.6 is 0 Å². The van der Waals surface area contributed by atoms with E-state index >= 15 is 0 Å². The van der Waals surface area contributed by atoms with Crippen LogP contribution in [0.1, 0.15) is 51.3 Å². The second-order valence-corrected chi connectivity index (χ2v) is 16.1. The van der Waals surface area contributed by atoms with Crippen molar-refractivity contribution < 1.29 is 41.3 Å². The molecule has 0 aliphatic carbocycles. The minimum atomic E-state index is -4.13. The summed E-state index contributed by atoms with van der Waals surface area (Å²) in [5.74, 6) is 0.570. The van der Waals surface area contributed by atoms with Crippen LogP contribution in [0.3, 0.4) is 0 Å². The predicted octanol–water partition coefficient (Wildman–Crippen LogP) is 3.98. The van der Waals surface area contributed by atoms with Gasteiger partial charge in [0.25, 0.3) is 0 Å². The number of fused-ring (bicyclic) bond motifs is 2. The summed E-state index contributed by atoms with van der Waals surface area (Å²) < 4.78 is 64.4. The van der Waals surface area contributed by atoms with Crippen LogP contribution in [0.4, 0.5) is 4.79 Å². The van der Waals surface area contributed by atoms with Crippen molar-refractivity contribution in [2.75, 3.05) is 32.1 Å². The number of sulfonamides is 1. The molecule has 1 aromatic heterocycles. The standard InChI is InChI=1S/C33H45N3O9S2/c1-4-5-15-46(39)21-28-26-17-24(11-12-30(26)45-35-28)47(40,41)36(18-22(2)3)19-29(37)27(16-23-9-7-6-8-10-23)34-33(38)44-31-20-43-32-25(31)13-14-42-32/h6-12,17,22,25,27,29,31-32,37H,4-5,13-16,18-21H2,1-3H3,(H,34,38)/t25-,27-,29+,31-,32+,46?/m0/s1. The largest absolute Gasteiger partial charge is 0.443 e. The van der Waals surface area contributed by atoms with Crippen LogP contribution in [-0.4, -0.2) is 89.9 Å². The van der Waals surface area contributed by atoms with Gasteiger partial charge >= 0.3 is 6.09 Å². The Morgan fingerprint density at radius 1 is 1.17 bits per heavy atom. The van der Waals surface area contributed by atoms with Crippen LogP contribution in [0.5, 0.6) is 0 Å². The summed E-state index contributed by atoms with van der Waals surface area (Å²) in [4.78, 5) is 13.1. The van der Waals surface area contributed by atoms with E-state index in [1.165, 1.54) is 16.4 Å². The zero-order valence-corrected chi connectivity index (χ0v) is 28.7. The number of benzene rings is 2. The molecule has 3 heterocycles. The average molecular weight is 692 g/mol. The van der Waals surface area contributed by atoms with Gasteiger partial charge in [-0.2, -0.15) is 4.31 Å². The third-order valence-electron chi connectivity index (χ3n) is 8.45.